The first kappa shape index (κ1) is 26.2. The number of hydrogen-bond donors (Lipinski definition) is 1. The van der Waals surface area contributed by atoms with Gasteiger partial charge in [0.15, 0.2) is 6.61 Å². The number of aromatic amines is 1. The number of aromatic nitrogens is 4. The maximum atomic E-state index is 13.0. The van der Waals surface area contributed by atoms with Crippen molar-refractivity contribution < 1.29 is 27.4 Å². The standard InChI is InChI=1S/C25H26F3N5O4/c1-24(2,3)37-22(34)12-33-23(35)16-7-5-4-6-15(16)17(32-33)10-21-30-18-8-14(11-29)20(9-19(18)31-21)36-13-25(26,27)28/h8-9H,4-7,10,12-13H2,1-3H3,(H,30,31). The highest BCUT2D eigenvalue weighted by Crippen LogP contribution is 2.28. The molecule has 0 atom stereocenters. The van der Waals surface area contributed by atoms with Crippen molar-refractivity contribution in [2.24, 2.45) is 0 Å². The van der Waals surface area contributed by atoms with Gasteiger partial charge in [0, 0.05) is 11.6 Å². The van der Waals surface area contributed by atoms with E-state index < -0.39 is 24.4 Å². The summed E-state index contributed by atoms with van der Waals surface area (Å²) in [5, 5.41) is 13.8. The molecule has 0 unspecified atom stereocenters. The number of esters is 1. The molecule has 0 bridgehead atoms. The Kier molecular flexibility index (Phi) is 6.99. The molecule has 3 aromatic rings. The third-order valence-electron chi connectivity index (χ3n) is 5.73. The number of rotatable bonds is 6. The number of fused-ring (bicyclic) bond motifs is 2. The van der Waals surface area contributed by atoms with E-state index in [4.69, 9.17) is 9.47 Å². The number of carbonyl (C=O) groups is 1. The smallest absolute Gasteiger partial charge is 0.422 e. The van der Waals surface area contributed by atoms with Crippen LogP contribution in [0.4, 0.5) is 13.2 Å². The van der Waals surface area contributed by atoms with Crippen LogP contribution in [-0.2, 0) is 35.3 Å². The third-order valence-corrected chi connectivity index (χ3v) is 5.73. The molecule has 0 radical (unpaired) electrons. The van der Waals surface area contributed by atoms with E-state index in [9.17, 15) is 28.0 Å². The lowest BCUT2D eigenvalue weighted by atomic mass is 9.91. The number of benzene rings is 1. The SMILES string of the molecule is CC(C)(C)OC(=O)Cn1nc(Cc2nc3cc(OCC(F)(F)F)c(C#N)cc3[nH]2)c2c(c1=O)CCCC2. The Labute approximate surface area is 210 Å². The van der Waals surface area contributed by atoms with Crippen LogP contribution in [0.25, 0.3) is 11.0 Å². The molecule has 2 heterocycles. The van der Waals surface area contributed by atoms with Gasteiger partial charge in [0.25, 0.3) is 5.56 Å². The van der Waals surface area contributed by atoms with E-state index >= 15 is 0 Å². The van der Waals surface area contributed by atoms with Crippen molar-refractivity contribution in [3.8, 4) is 11.8 Å². The number of nitrogens with zero attached hydrogens (tertiary/aromatic N) is 4. The van der Waals surface area contributed by atoms with Crippen molar-refractivity contribution in [2.75, 3.05) is 6.61 Å². The molecule has 0 amide bonds. The highest BCUT2D eigenvalue weighted by Gasteiger charge is 2.29. The lowest BCUT2D eigenvalue weighted by molar-refractivity contribution is -0.156. The van der Waals surface area contributed by atoms with Gasteiger partial charge in [-0.15, -0.1) is 0 Å². The summed E-state index contributed by atoms with van der Waals surface area (Å²) in [6.07, 6.45) is -1.39. The highest BCUT2D eigenvalue weighted by molar-refractivity contribution is 5.79. The van der Waals surface area contributed by atoms with Gasteiger partial charge in [0.05, 0.1) is 28.7 Å². The summed E-state index contributed by atoms with van der Waals surface area (Å²) in [7, 11) is 0. The molecule has 1 aliphatic carbocycles. The van der Waals surface area contributed by atoms with Crippen LogP contribution < -0.4 is 10.3 Å². The van der Waals surface area contributed by atoms with Crippen LogP contribution in [-0.4, -0.2) is 44.1 Å². The number of halogens is 3. The number of hydrogen-bond acceptors (Lipinski definition) is 7. The maximum Gasteiger partial charge on any atom is 0.422 e. The van der Waals surface area contributed by atoms with E-state index in [0.29, 0.717) is 41.0 Å². The van der Waals surface area contributed by atoms with E-state index in [-0.39, 0.29) is 29.8 Å². The summed E-state index contributed by atoms with van der Waals surface area (Å²) >= 11 is 0. The number of nitriles is 1. The van der Waals surface area contributed by atoms with Gasteiger partial charge in [-0.1, -0.05) is 0 Å². The predicted molar refractivity (Wildman–Crippen MR) is 126 cm³/mol. The Morgan fingerprint density at radius 1 is 1.19 bits per heavy atom. The molecule has 1 N–H and O–H groups in total. The molecule has 9 nitrogen and oxygen atoms in total. The summed E-state index contributed by atoms with van der Waals surface area (Å²) in [6, 6.07) is 4.50. The summed E-state index contributed by atoms with van der Waals surface area (Å²) in [4.78, 5) is 33.0. The fraction of sp³-hybridized carbons (Fsp3) is 0.480. The highest BCUT2D eigenvalue weighted by atomic mass is 19.4. The van der Waals surface area contributed by atoms with Gasteiger partial charge in [-0.05, 0) is 58.1 Å². The molecule has 1 aliphatic rings. The predicted octanol–water partition coefficient (Wildman–Crippen LogP) is 3.74. The molecule has 0 aliphatic heterocycles. The van der Waals surface area contributed by atoms with E-state index in [1.165, 1.54) is 12.1 Å². The van der Waals surface area contributed by atoms with Gasteiger partial charge in [-0.25, -0.2) is 9.67 Å². The van der Waals surface area contributed by atoms with Crippen LogP contribution in [0, 0.1) is 11.3 Å². The average molecular weight is 518 g/mol. The molecule has 196 valence electrons. The van der Waals surface area contributed by atoms with Gasteiger partial charge in [0.1, 0.15) is 29.8 Å². The van der Waals surface area contributed by atoms with Gasteiger partial charge >= 0.3 is 12.1 Å². The number of carbonyl (C=O) groups excluding carboxylic acids is 1. The number of alkyl halides is 3. The molecule has 4 rings (SSSR count). The van der Waals surface area contributed by atoms with Crippen LogP contribution in [0.3, 0.4) is 0 Å². The minimum absolute atomic E-state index is 0.0617. The zero-order valence-corrected chi connectivity index (χ0v) is 20.7. The fourth-order valence-corrected chi connectivity index (χ4v) is 4.31. The second-order valence-electron chi connectivity index (χ2n) is 9.90. The molecule has 2 aromatic heterocycles. The monoisotopic (exact) mass is 517 g/mol. The van der Waals surface area contributed by atoms with Crippen molar-refractivity contribution in [3.63, 3.8) is 0 Å². The molecule has 0 saturated heterocycles. The van der Waals surface area contributed by atoms with Gasteiger partial charge in [-0.2, -0.15) is 23.5 Å². The normalized spacial score (nSPS) is 13.8. The van der Waals surface area contributed by atoms with E-state index in [1.54, 1.807) is 20.8 Å². The van der Waals surface area contributed by atoms with Crippen LogP contribution in [0.15, 0.2) is 16.9 Å². The average Bonchev–Trinajstić information content (AvgIpc) is 3.19. The second-order valence-corrected chi connectivity index (χ2v) is 9.90. The van der Waals surface area contributed by atoms with Crippen LogP contribution in [0.2, 0.25) is 0 Å². The third kappa shape index (κ3) is 6.28. The molecular formula is C25H26F3N5O4. The van der Waals surface area contributed by atoms with Crippen LogP contribution in [0.1, 0.15) is 61.8 Å². The second kappa shape index (κ2) is 9.88. The zero-order valence-electron chi connectivity index (χ0n) is 20.7. The molecule has 0 spiro atoms. The number of nitrogens with one attached hydrogen (secondary N) is 1. The van der Waals surface area contributed by atoms with Gasteiger partial charge < -0.3 is 14.5 Å². The first-order chi connectivity index (χ1) is 17.3. The Bertz CT molecular complexity index is 1440. The molecule has 37 heavy (non-hydrogen) atoms. The zero-order chi connectivity index (χ0) is 27.0. The summed E-state index contributed by atoms with van der Waals surface area (Å²) < 4.78 is 49.1. The summed E-state index contributed by atoms with van der Waals surface area (Å²) in [5.41, 5.74) is 1.69. The van der Waals surface area contributed by atoms with E-state index in [2.05, 4.69) is 15.1 Å². The Hall–Kier alpha value is -3.88. The van der Waals surface area contributed by atoms with Crippen molar-refractivity contribution in [1.82, 2.24) is 19.7 Å². The van der Waals surface area contributed by atoms with E-state index in [0.717, 1.165) is 23.1 Å². The molecule has 0 fully saturated rings. The molecule has 12 heteroatoms. The quantitative estimate of drug-likeness (QED) is 0.494. The topological polar surface area (TPSA) is 123 Å². The van der Waals surface area contributed by atoms with E-state index in [1.807, 2.05) is 6.07 Å². The number of ether oxygens (including phenoxy) is 2. The summed E-state index contributed by atoms with van der Waals surface area (Å²) in [5.74, 6) is -0.357. The van der Waals surface area contributed by atoms with Crippen molar-refractivity contribution in [1.29, 1.82) is 5.26 Å². The molecular weight excluding hydrogens is 491 g/mol. The van der Waals surface area contributed by atoms with Crippen molar-refractivity contribution >= 4 is 17.0 Å². The van der Waals surface area contributed by atoms with Crippen molar-refractivity contribution in [2.45, 2.75) is 71.2 Å². The fourth-order valence-electron chi connectivity index (χ4n) is 4.31. The minimum atomic E-state index is -4.55. The minimum Gasteiger partial charge on any atom is -0.483 e. The first-order valence-corrected chi connectivity index (χ1v) is 11.8. The largest absolute Gasteiger partial charge is 0.483 e. The first-order valence-electron chi connectivity index (χ1n) is 11.8. The lowest BCUT2D eigenvalue weighted by Crippen LogP contribution is -2.35. The Morgan fingerprint density at radius 2 is 1.89 bits per heavy atom. The number of imidazole rings is 1. The molecule has 1 aromatic carbocycles. The van der Waals surface area contributed by atoms with Crippen molar-refractivity contribution in [3.05, 3.63) is 50.7 Å². The van der Waals surface area contributed by atoms with Crippen LogP contribution >= 0.6 is 0 Å². The Balaban J connectivity index is 1.68. The Morgan fingerprint density at radius 3 is 2.54 bits per heavy atom. The number of H-pyrrole nitrogens is 1. The maximum absolute atomic E-state index is 13.0. The molecule has 0 saturated carbocycles. The summed E-state index contributed by atoms with van der Waals surface area (Å²) in [6.45, 7) is 3.34. The van der Waals surface area contributed by atoms with Gasteiger partial charge in [-0.3, -0.25) is 9.59 Å². The van der Waals surface area contributed by atoms with Gasteiger partial charge in [0.2, 0.25) is 0 Å². The lowest BCUT2D eigenvalue weighted by Gasteiger charge is -2.22. The van der Waals surface area contributed by atoms with Crippen LogP contribution in [0.5, 0.6) is 5.75 Å².